The van der Waals surface area contributed by atoms with Crippen LogP contribution in [0.25, 0.3) is 5.69 Å². The first-order valence-electron chi connectivity index (χ1n) is 9.86. The van der Waals surface area contributed by atoms with Crippen LogP contribution in [0.4, 0.5) is 0 Å². The van der Waals surface area contributed by atoms with E-state index in [1.54, 1.807) is 0 Å². The van der Waals surface area contributed by atoms with Crippen LogP contribution in [0.15, 0.2) is 42.9 Å². The number of nitrogens with one attached hydrogen (secondary N) is 1. The minimum absolute atomic E-state index is 0.0940. The lowest BCUT2D eigenvalue weighted by molar-refractivity contribution is 0.0689. The van der Waals surface area contributed by atoms with Crippen LogP contribution < -0.4 is 5.32 Å². The molecule has 0 unspecified atom stereocenters. The number of benzene rings is 1. The first-order chi connectivity index (χ1) is 13.7. The summed E-state index contributed by atoms with van der Waals surface area (Å²) in [6.07, 6.45) is 7.65. The van der Waals surface area contributed by atoms with Crippen molar-refractivity contribution in [3.63, 3.8) is 0 Å². The molecule has 4 heterocycles. The van der Waals surface area contributed by atoms with Crippen molar-refractivity contribution >= 4 is 5.91 Å². The van der Waals surface area contributed by atoms with Gasteiger partial charge in [-0.15, -0.1) is 0 Å². The van der Waals surface area contributed by atoms with E-state index in [1.807, 2.05) is 59.4 Å². The van der Waals surface area contributed by atoms with Crippen molar-refractivity contribution in [2.24, 2.45) is 0 Å². The zero-order valence-corrected chi connectivity index (χ0v) is 16.0. The highest BCUT2D eigenvalue weighted by Crippen LogP contribution is 2.27. The van der Waals surface area contributed by atoms with Crippen LogP contribution in [0.5, 0.6) is 0 Å². The summed E-state index contributed by atoms with van der Waals surface area (Å²) in [5.41, 5.74) is 5.34. The molecule has 0 aliphatic carbocycles. The van der Waals surface area contributed by atoms with Gasteiger partial charge in [-0.1, -0.05) is 6.07 Å². The molecule has 0 radical (unpaired) electrons. The van der Waals surface area contributed by atoms with Crippen LogP contribution in [-0.4, -0.2) is 43.5 Å². The molecule has 1 saturated heterocycles. The van der Waals surface area contributed by atoms with E-state index >= 15 is 0 Å². The van der Waals surface area contributed by atoms with Gasteiger partial charge in [0.1, 0.15) is 0 Å². The second-order valence-electron chi connectivity index (χ2n) is 7.70. The molecule has 1 aromatic carbocycles. The molecule has 0 bridgehead atoms. The minimum Gasteiger partial charge on any atom is -0.338 e. The van der Waals surface area contributed by atoms with Gasteiger partial charge in [-0.25, -0.2) is 4.68 Å². The van der Waals surface area contributed by atoms with Crippen LogP contribution in [0.1, 0.15) is 46.1 Å². The highest BCUT2D eigenvalue weighted by atomic mass is 16.2. The summed E-state index contributed by atoms with van der Waals surface area (Å²) in [6, 6.07) is 8.09. The van der Waals surface area contributed by atoms with E-state index in [2.05, 4.69) is 20.2 Å². The number of rotatable bonds is 3. The highest BCUT2D eigenvalue weighted by molar-refractivity contribution is 5.94. The maximum absolute atomic E-state index is 13.0. The Morgan fingerprint density at radius 2 is 2.00 bits per heavy atom. The summed E-state index contributed by atoms with van der Waals surface area (Å²) in [5, 5.41) is 12.3. The molecule has 5 rings (SSSR count). The third kappa shape index (κ3) is 3.01. The van der Waals surface area contributed by atoms with Crippen molar-refractivity contribution in [3.8, 4) is 5.69 Å². The quantitative estimate of drug-likeness (QED) is 0.762. The summed E-state index contributed by atoms with van der Waals surface area (Å²) in [7, 11) is 0. The molecule has 1 fully saturated rings. The minimum atomic E-state index is 0.0940. The number of aromatic nitrogens is 4. The standard InChI is InChI=1S/C21H24N6O/c1-15-10-23-26(14-15)19-4-2-3-16(9-19)21(28)25-7-5-18(6-8-25)27-20-13-22-11-17(20)12-24-27/h2-4,9-10,12,14,18,22H,5-8,11,13H2,1H3. The Hall–Kier alpha value is -2.93. The maximum Gasteiger partial charge on any atom is 0.253 e. The molecule has 144 valence electrons. The SMILES string of the molecule is Cc1cnn(-c2cccc(C(=O)N3CCC(n4ncc5c4CNC5)CC3)c2)c1. The van der Waals surface area contributed by atoms with Crippen molar-refractivity contribution in [3.05, 3.63) is 65.2 Å². The normalized spacial score (nSPS) is 17.1. The molecule has 7 nitrogen and oxygen atoms in total. The topological polar surface area (TPSA) is 68.0 Å². The maximum atomic E-state index is 13.0. The number of carbonyl (C=O) groups excluding carboxylic acids is 1. The van der Waals surface area contributed by atoms with Gasteiger partial charge in [0, 0.05) is 43.5 Å². The van der Waals surface area contributed by atoms with E-state index in [9.17, 15) is 4.79 Å². The van der Waals surface area contributed by atoms with E-state index < -0.39 is 0 Å². The summed E-state index contributed by atoms with van der Waals surface area (Å²) in [5.74, 6) is 0.0940. The highest BCUT2D eigenvalue weighted by Gasteiger charge is 2.28. The van der Waals surface area contributed by atoms with Gasteiger partial charge in [0.2, 0.25) is 0 Å². The Kier molecular flexibility index (Phi) is 4.24. The van der Waals surface area contributed by atoms with Gasteiger partial charge in [0.05, 0.1) is 29.8 Å². The van der Waals surface area contributed by atoms with Gasteiger partial charge in [0.15, 0.2) is 0 Å². The average Bonchev–Trinajstić information content (AvgIpc) is 3.45. The van der Waals surface area contributed by atoms with Crippen molar-refractivity contribution in [1.82, 2.24) is 29.8 Å². The Morgan fingerprint density at radius 3 is 2.79 bits per heavy atom. The van der Waals surface area contributed by atoms with Crippen LogP contribution >= 0.6 is 0 Å². The second kappa shape index (κ2) is 6.91. The number of nitrogens with zero attached hydrogens (tertiary/aromatic N) is 5. The Labute approximate surface area is 164 Å². The van der Waals surface area contributed by atoms with Gasteiger partial charge in [-0.05, 0) is 43.5 Å². The number of hydrogen-bond donors (Lipinski definition) is 1. The average molecular weight is 376 g/mol. The number of piperidine rings is 1. The van der Waals surface area contributed by atoms with E-state index in [-0.39, 0.29) is 5.91 Å². The molecule has 2 aliphatic heterocycles. The van der Waals surface area contributed by atoms with Crippen molar-refractivity contribution in [1.29, 1.82) is 0 Å². The third-order valence-electron chi connectivity index (χ3n) is 5.76. The largest absolute Gasteiger partial charge is 0.338 e. The predicted octanol–water partition coefficient (Wildman–Crippen LogP) is 2.46. The number of hydrogen-bond acceptors (Lipinski definition) is 4. The Bertz CT molecular complexity index is 1010. The van der Waals surface area contributed by atoms with Crippen LogP contribution in [0.2, 0.25) is 0 Å². The molecule has 3 aromatic rings. The van der Waals surface area contributed by atoms with E-state index in [0.29, 0.717) is 11.6 Å². The third-order valence-corrected chi connectivity index (χ3v) is 5.76. The summed E-state index contributed by atoms with van der Waals surface area (Å²) < 4.78 is 3.99. The molecule has 0 atom stereocenters. The van der Waals surface area contributed by atoms with Gasteiger partial charge in [-0.2, -0.15) is 10.2 Å². The number of amides is 1. The van der Waals surface area contributed by atoms with Gasteiger partial charge in [0.25, 0.3) is 5.91 Å². The molecule has 7 heteroatoms. The zero-order valence-electron chi connectivity index (χ0n) is 16.0. The fraction of sp³-hybridized carbons (Fsp3) is 0.381. The number of aryl methyl sites for hydroxylation is 1. The summed E-state index contributed by atoms with van der Waals surface area (Å²) in [4.78, 5) is 15.0. The number of fused-ring (bicyclic) bond motifs is 1. The van der Waals surface area contributed by atoms with Crippen molar-refractivity contribution in [2.75, 3.05) is 13.1 Å². The Balaban J connectivity index is 1.28. The lowest BCUT2D eigenvalue weighted by atomic mass is 10.0. The van der Waals surface area contributed by atoms with Gasteiger partial charge >= 0.3 is 0 Å². The Morgan fingerprint density at radius 1 is 1.14 bits per heavy atom. The first kappa shape index (κ1) is 17.2. The molecule has 1 N–H and O–H groups in total. The lowest BCUT2D eigenvalue weighted by Crippen LogP contribution is -2.39. The molecule has 2 aliphatic rings. The second-order valence-corrected chi connectivity index (χ2v) is 7.70. The van der Waals surface area contributed by atoms with Crippen molar-refractivity contribution < 1.29 is 4.79 Å². The predicted molar refractivity (Wildman–Crippen MR) is 105 cm³/mol. The summed E-state index contributed by atoms with van der Waals surface area (Å²) >= 11 is 0. The van der Waals surface area contributed by atoms with Crippen molar-refractivity contribution in [2.45, 2.75) is 38.9 Å². The molecule has 0 spiro atoms. The molecular formula is C21H24N6O. The monoisotopic (exact) mass is 376 g/mol. The summed E-state index contributed by atoms with van der Waals surface area (Å²) in [6.45, 7) is 5.34. The van der Waals surface area contributed by atoms with E-state index in [1.165, 1.54) is 11.3 Å². The van der Waals surface area contributed by atoms with Crippen LogP contribution in [0.3, 0.4) is 0 Å². The fourth-order valence-corrected chi connectivity index (χ4v) is 4.23. The number of likely N-dealkylation sites (tertiary alicyclic amines) is 1. The van der Waals surface area contributed by atoms with E-state index in [4.69, 9.17) is 0 Å². The zero-order chi connectivity index (χ0) is 19.1. The van der Waals surface area contributed by atoms with E-state index in [0.717, 1.165) is 50.3 Å². The molecular weight excluding hydrogens is 352 g/mol. The van der Waals surface area contributed by atoms with Crippen LogP contribution in [-0.2, 0) is 13.1 Å². The molecule has 1 amide bonds. The fourth-order valence-electron chi connectivity index (χ4n) is 4.23. The first-order valence-corrected chi connectivity index (χ1v) is 9.86. The smallest absolute Gasteiger partial charge is 0.253 e. The molecule has 28 heavy (non-hydrogen) atoms. The van der Waals surface area contributed by atoms with Gasteiger partial charge in [-0.3, -0.25) is 9.48 Å². The van der Waals surface area contributed by atoms with Gasteiger partial charge < -0.3 is 10.2 Å². The molecule has 2 aromatic heterocycles. The number of carbonyl (C=O) groups is 1. The van der Waals surface area contributed by atoms with Crippen LogP contribution in [0, 0.1) is 6.92 Å². The lowest BCUT2D eigenvalue weighted by Gasteiger charge is -2.33. The molecule has 0 saturated carbocycles.